The average Bonchev–Trinajstić information content (AvgIpc) is 2.39. The number of rotatable bonds is 12. The minimum atomic E-state index is 0.0608. The third kappa shape index (κ3) is 5.04. The molecule has 0 unspecified atom stereocenters. The van der Waals surface area contributed by atoms with Gasteiger partial charge in [0.1, 0.15) is 0 Å². The summed E-state index contributed by atoms with van der Waals surface area (Å²) in [6, 6.07) is 0. The fourth-order valence-electron chi connectivity index (χ4n) is 2.50. The fraction of sp³-hybridized carbons (Fsp3) is 0.333. The van der Waals surface area contributed by atoms with Crippen molar-refractivity contribution in [2.24, 2.45) is 0 Å². The van der Waals surface area contributed by atoms with Gasteiger partial charge in [0, 0.05) is 0 Å². The van der Waals surface area contributed by atoms with Crippen LogP contribution in [0.3, 0.4) is 0 Å². The number of hydrogen-bond acceptors (Lipinski definition) is 0. The van der Waals surface area contributed by atoms with E-state index in [0.717, 1.165) is 25.7 Å². The second-order valence-corrected chi connectivity index (χ2v) is 7.58. The summed E-state index contributed by atoms with van der Waals surface area (Å²) in [5.41, 5.74) is 0. The van der Waals surface area contributed by atoms with E-state index in [0.29, 0.717) is 0 Å². The zero-order valence-corrected chi connectivity index (χ0v) is 13.3. The van der Waals surface area contributed by atoms with Gasteiger partial charge in [-0.2, -0.15) is 0 Å². The standard InChI is InChI=1S/C18H27Si/c1-7-13-17(11-5,14-8-2)19-18(12-6,15-9-3)16-10-4/h7-12,19H,1-6,13-16H2. The second-order valence-electron chi connectivity index (χ2n) is 4.99. The highest BCUT2D eigenvalue weighted by molar-refractivity contribution is 6.46. The van der Waals surface area contributed by atoms with Gasteiger partial charge in [-0.3, -0.25) is 0 Å². The molecular weight excluding hydrogens is 244 g/mol. The molecule has 0 N–H and O–H groups in total. The van der Waals surface area contributed by atoms with E-state index < -0.39 is 0 Å². The Morgan fingerprint density at radius 1 is 0.579 bits per heavy atom. The van der Waals surface area contributed by atoms with Crippen LogP contribution in [0.15, 0.2) is 75.9 Å². The molecule has 1 heteroatoms. The normalized spacial score (nSPS) is 11.4. The van der Waals surface area contributed by atoms with Crippen molar-refractivity contribution >= 4 is 9.52 Å². The van der Waals surface area contributed by atoms with Gasteiger partial charge in [0.2, 0.25) is 0 Å². The van der Waals surface area contributed by atoms with Gasteiger partial charge < -0.3 is 0 Å². The first-order valence-electron chi connectivity index (χ1n) is 6.65. The van der Waals surface area contributed by atoms with Crippen molar-refractivity contribution in [3.8, 4) is 0 Å². The molecule has 0 saturated heterocycles. The van der Waals surface area contributed by atoms with Crippen molar-refractivity contribution in [2.75, 3.05) is 0 Å². The minimum absolute atomic E-state index is 0.0608. The van der Waals surface area contributed by atoms with Crippen LogP contribution in [0.1, 0.15) is 25.7 Å². The van der Waals surface area contributed by atoms with Crippen LogP contribution in [-0.4, -0.2) is 9.52 Å². The fourth-order valence-corrected chi connectivity index (χ4v) is 5.02. The topological polar surface area (TPSA) is 0 Å². The molecular formula is C18H27Si. The Morgan fingerprint density at radius 3 is 1.00 bits per heavy atom. The van der Waals surface area contributed by atoms with Gasteiger partial charge in [-0.05, 0) is 35.8 Å². The van der Waals surface area contributed by atoms with E-state index in [-0.39, 0.29) is 19.6 Å². The molecule has 0 aromatic carbocycles. The van der Waals surface area contributed by atoms with Crippen LogP contribution in [0.5, 0.6) is 0 Å². The van der Waals surface area contributed by atoms with E-state index in [2.05, 4.69) is 51.6 Å². The Morgan fingerprint density at radius 2 is 0.842 bits per heavy atom. The first kappa shape index (κ1) is 17.7. The lowest BCUT2D eigenvalue weighted by molar-refractivity contribution is 0.620. The van der Waals surface area contributed by atoms with Gasteiger partial charge in [0.15, 0.2) is 0 Å². The summed E-state index contributed by atoms with van der Waals surface area (Å²) in [6.07, 6.45) is 15.8. The van der Waals surface area contributed by atoms with E-state index in [1.54, 1.807) is 0 Å². The van der Waals surface area contributed by atoms with E-state index in [4.69, 9.17) is 0 Å². The van der Waals surface area contributed by atoms with Gasteiger partial charge in [-0.25, -0.2) is 0 Å². The SMILES string of the molecule is C=CCC(C=C)(CC=C)[SiH]C(C=C)(CC=C)CC=C. The Hall–Kier alpha value is -1.34. The maximum atomic E-state index is 4.05. The highest BCUT2D eigenvalue weighted by Crippen LogP contribution is 2.48. The Balaban J connectivity index is 5.42. The van der Waals surface area contributed by atoms with Crippen LogP contribution < -0.4 is 0 Å². The van der Waals surface area contributed by atoms with E-state index in [1.165, 1.54) is 0 Å². The van der Waals surface area contributed by atoms with Crippen molar-refractivity contribution in [3.63, 3.8) is 0 Å². The van der Waals surface area contributed by atoms with Crippen molar-refractivity contribution in [1.29, 1.82) is 0 Å². The molecule has 1 radical (unpaired) electrons. The summed E-state index contributed by atoms with van der Waals surface area (Å²) < 4.78 is 0. The molecule has 103 valence electrons. The van der Waals surface area contributed by atoms with Gasteiger partial charge in [0.25, 0.3) is 0 Å². The predicted molar refractivity (Wildman–Crippen MR) is 92.2 cm³/mol. The molecule has 0 fully saturated rings. The first-order chi connectivity index (χ1) is 9.07. The van der Waals surface area contributed by atoms with Crippen LogP contribution in [-0.2, 0) is 0 Å². The number of allylic oxidation sites excluding steroid dienone is 6. The molecule has 19 heavy (non-hydrogen) atoms. The summed E-state index contributed by atoms with van der Waals surface area (Å²) in [4.78, 5) is 0. The monoisotopic (exact) mass is 271 g/mol. The number of hydrogen-bond donors (Lipinski definition) is 0. The second kappa shape index (κ2) is 8.71. The molecule has 0 aliphatic rings. The molecule has 0 aromatic rings. The molecule has 0 heterocycles. The van der Waals surface area contributed by atoms with Gasteiger partial charge in [-0.1, -0.05) is 36.5 Å². The maximum absolute atomic E-state index is 4.05. The Labute approximate surface area is 121 Å². The van der Waals surface area contributed by atoms with Crippen LogP contribution >= 0.6 is 0 Å². The summed E-state index contributed by atoms with van der Waals surface area (Å²) in [5.74, 6) is 0. The van der Waals surface area contributed by atoms with E-state index in [1.807, 2.05) is 24.3 Å². The van der Waals surface area contributed by atoms with Gasteiger partial charge >= 0.3 is 0 Å². The Bertz CT molecular complexity index is 295. The quantitative estimate of drug-likeness (QED) is 0.328. The molecule has 0 atom stereocenters. The van der Waals surface area contributed by atoms with Crippen molar-refractivity contribution in [3.05, 3.63) is 75.9 Å². The maximum Gasteiger partial charge on any atom is 0.0543 e. The summed E-state index contributed by atoms with van der Waals surface area (Å²) in [5, 5.41) is 0.146. The zero-order chi connectivity index (χ0) is 14.8. The van der Waals surface area contributed by atoms with Crippen LogP contribution in [0.25, 0.3) is 0 Å². The van der Waals surface area contributed by atoms with Crippen LogP contribution in [0.4, 0.5) is 0 Å². The molecule has 0 nitrogen and oxygen atoms in total. The lowest BCUT2D eigenvalue weighted by atomic mass is 9.98. The third-order valence-corrected chi connectivity index (χ3v) is 6.05. The molecule has 0 bridgehead atoms. The first-order valence-corrected chi connectivity index (χ1v) is 7.81. The smallest absolute Gasteiger partial charge is 0.0543 e. The van der Waals surface area contributed by atoms with E-state index >= 15 is 0 Å². The average molecular weight is 272 g/mol. The summed E-state index contributed by atoms with van der Waals surface area (Å²) in [6.45, 7) is 23.7. The summed E-state index contributed by atoms with van der Waals surface area (Å²) >= 11 is 0. The van der Waals surface area contributed by atoms with Crippen molar-refractivity contribution < 1.29 is 0 Å². The molecule has 0 saturated carbocycles. The van der Waals surface area contributed by atoms with Gasteiger partial charge in [-0.15, -0.1) is 39.5 Å². The summed E-state index contributed by atoms with van der Waals surface area (Å²) in [7, 11) is 0.0608. The molecule has 0 aliphatic heterocycles. The predicted octanol–water partition coefficient (Wildman–Crippen LogP) is 5.42. The minimum Gasteiger partial charge on any atom is -0.103 e. The molecule has 0 amide bonds. The molecule has 0 aliphatic carbocycles. The highest BCUT2D eigenvalue weighted by Gasteiger charge is 2.35. The molecule has 0 aromatic heterocycles. The van der Waals surface area contributed by atoms with E-state index in [9.17, 15) is 0 Å². The molecule has 0 spiro atoms. The van der Waals surface area contributed by atoms with Gasteiger partial charge in [0.05, 0.1) is 9.52 Å². The largest absolute Gasteiger partial charge is 0.103 e. The van der Waals surface area contributed by atoms with Crippen LogP contribution in [0, 0.1) is 0 Å². The molecule has 0 rings (SSSR count). The lowest BCUT2D eigenvalue weighted by Crippen LogP contribution is -2.29. The Kier molecular flexibility index (Phi) is 8.09. The lowest BCUT2D eigenvalue weighted by Gasteiger charge is -2.38. The van der Waals surface area contributed by atoms with Crippen LogP contribution in [0.2, 0.25) is 10.1 Å². The highest BCUT2D eigenvalue weighted by atomic mass is 28.2. The van der Waals surface area contributed by atoms with Crippen molar-refractivity contribution in [1.82, 2.24) is 0 Å². The van der Waals surface area contributed by atoms with Crippen molar-refractivity contribution in [2.45, 2.75) is 35.8 Å². The zero-order valence-electron chi connectivity index (χ0n) is 12.1. The third-order valence-electron chi connectivity index (χ3n) is 3.49.